The lowest BCUT2D eigenvalue weighted by Crippen LogP contribution is -2.51. The predicted octanol–water partition coefficient (Wildman–Crippen LogP) is 7.80. The summed E-state index contributed by atoms with van der Waals surface area (Å²) in [5, 5.41) is 8.84. The van der Waals surface area contributed by atoms with E-state index in [-0.39, 0.29) is 30.3 Å². The van der Waals surface area contributed by atoms with Gasteiger partial charge in [-0.2, -0.15) is 0 Å². The molecule has 4 nitrogen and oxygen atoms in total. The maximum atomic E-state index is 12.1. The average Bonchev–Trinajstić information content (AvgIpc) is 3.15. The fourth-order valence-electron chi connectivity index (χ4n) is 9.21. The van der Waals surface area contributed by atoms with Crippen LogP contribution in [-0.4, -0.2) is 23.1 Å². The van der Waals surface area contributed by atoms with Gasteiger partial charge in [-0.3, -0.25) is 9.59 Å². The molecule has 35 heavy (non-hydrogen) atoms. The van der Waals surface area contributed by atoms with Crippen LogP contribution in [0.1, 0.15) is 118 Å². The number of ether oxygens (including phenoxy) is 1. The van der Waals surface area contributed by atoms with Gasteiger partial charge in [0.25, 0.3) is 0 Å². The highest BCUT2D eigenvalue weighted by Crippen LogP contribution is 2.67. The molecular weight excluding hydrogens is 436 g/mol. The number of esters is 1. The molecule has 8 atom stereocenters. The predicted molar refractivity (Wildman–Crippen MR) is 140 cm³/mol. The van der Waals surface area contributed by atoms with Crippen molar-refractivity contribution in [1.82, 2.24) is 0 Å². The molecule has 0 radical (unpaired) electrons. The molecular formula is C31H50O4. The Morgan fingerprint density at radius 1 is 1.03 bits per heavy atom. The Morgan fingerprint density at radius 3 is 2.51 bits per heavy atom. The number of carbonyl (C=O) groups is 2. The molecule has 0 heterocycles. The van der Waals surface area contributed by atoms with Crippen molar-refractivity contribution < 1.29 is 19.4 Å². The number of aliphatic carboxylic acids is 1. The first-order valence-electron chi connectivity index (χ1n) is 14.7. The van der Waals surface area contributed by atoms with Gasteiger partial charge in [0.15, 0.2) is 0 Å². The van der Waals surface area contributed by atoms with Gasteiger partial charge in [0.1, 0.15) is 6.10 Å². The minimum absolute atomic E-state index is 0.0236. The summed E-state index contributed by atoms with van der Waals surface area (Å²) in [5.41, 5.74) is 2.27. The van der Waals surface area contributed by atoms with Gasteiger partial charge in [-0.25, -0.2) is 0 Å². The van der Waals surface area contributed by atoms with Crippen molar-refractivity contribution in [3.05, 3.63) is 11.6 Å². The summed E-state index contributed by atoms with van der Waals surface area (Å²) in [5.74, 6) is 3.68. The Balaban J connectivity index is 1.40. The number of carboxylic acid groups (broad SMARTS) is 1. The summed E-state index contributed by atoms with van der Waals surface area (Å²) >= 11 is 0. The number of hydrogen-bond donors (Lipinski definition) is 1. The molecule has 0 amide bonds. The molecule has 0 saturated heterocycles. The lowest BCUT2D eigenvalue weighted by molar-refractivity contribution is -0.154. The van der Waals surface area contributed by atoms with E-state index in [0.717, 1.165) is 54.8 Å². The van der Waals surface area contributed by atoms with Gasteiger partial charge in [-0.05, 0) is 91.3 Å². The van der Waals surface area contributed by atoms with E-state index in [1.54, 1.807) is 0 Å². The minimum Gasteiger partial charge on any atom is -0.481 e. The Kier molecular flexibility index (Phi) is 8.08. The molecule has 4 rings (SSSR count). The third-order valence-electron chi connectivity index (χ3n) is 11.1. The van der Waals surface area contributed by atoms with Gasteiger partial charge in [0, 0.05) is 6.42 Å². The lowest BCUT2D eigenvalue weighted by atomic mass is 9.47. The van der Waals surface area contributed by atoms with Crippen LogP contribution in [0.4, 0.5) is 0 Å². The maximum Gasteiger partial charge on any atom is 0.306 e. The minimum atomic E-state index is -0.942. The highest BCUT2D eigenvalue weighted by Gasteiger charge is 2.59. The normalized spacial score (nSPS) is 39.3. The van der Waals surface area contributed by atoms with Crippen molar-refractivity contribution in [3.63, 3.8) is 0 Å². The second-order valence-corrected chi connectivity index (χ2v) is 13.5. The van der Waals surface area contributed by atoms with Gasteiger partial charge in [0.2, 0.25) is 0 Å². The van der Waals surface area contributed by atoms with Crippen LogP contribution in [0, 0.1) is 46.3 Å². The van der Waals surface area contributed by atoms with Crippen LogP contribution in [0.5, 0.6) is 0 Å². The van der Waals surface area contributed by atoms with E-state index >= 15 is 0 Å². The molecule has 3 saturated carbocycles. The molecule has 4 aliphatic carbocycles. The largest absolute Gasteiger partial charge is 0.481 e. The molecule has 0 aromatic carbocycles. The molecule has 4 aliphatic rings. The number of hydrogen-bond acceptors (Lipinski definition) is 3. The fraction of sp³-hybridized carbons (Fsp3) is 0.871. The summed E-state index contributed by atoms with van der Waals surface area (Å²) in [4.78, 5) is 22.9. The van der Waals surface area contributed by atoms with Crippen LogP contribution in [0.25, 0.3) is 0 Å². The SMILES string of the molecule is CC(C)CCCC(C)C1CCC2[C@@H]3CC=C4C[C@@H](OC(=O)CCC(=O)O)CC[C@]4(C)C3CC[C@]12C. The Hall–Kier alpha value is -1.32. The topological polar surface area (TPSA) is 63.6 Å². The van der Waals surface area contributed by atoms with Crippen molar-refractivity contribution >= 4 is 11.9 Å². The zero-order chi connectivity index (χ0) is 25.4. The van der Waals surface area contributed by atoms with Crippen molar-refractivity contribution in [2.24, 2.45) is 46.3 Å². The monoisotopic (exact) mass is 486 g/mol. The number of allylic oxidation sites excluding steroid dienone is 1. The van der Waals surface area contributed by atoms with Crippen LogP contribution < -0.4 is 0 Å². The van der Waals surface area contributed by atoms with E-state index in [0.29, 0.717) is 5.41 Å². The first-order chi connectivity index (χ1) is 16.5. The molecule has 0 bridgehead atoms. The smallest absolute Gasteiger partial charge is 0.306 e. The summed E-state index contributed by atoms with van der Waals surface area (Å²) in [7, 11) is 0. The molecule has 0 aliphatic heterocycles. The summed E-state index contributed by atoms with van der Waals surface area (Å²) in [6.07, 6.45) is 16.0. The molecule has 1 N–H and O–H groups in total. The summed E-state index contributed by atoms with van der Waals surface area (Å²) in [6.45, 7) is 12.4. The zero-order valence-corrected chi connectivity index (χ0v) is 23.0. The molecule has 4 unspecified atom stereocenters. The molecule has 0 aromatic rings. The zero-order valence-electron chi connectivity index (χ0n) is 23.0. The molecule has 3 fully saturated rings. The van der Waals surface area contributed by atoms with E-state index in [1.165, 1.54) is 56.9 Å². The van der Waals surface area contributed by atoms with E-state index in [9.17, 15) is 9.59 Å². The third kappa shape index (κ3) is 5.37. The van der Waals surface area contributed by atoms with Crippen LogP contribution in [0.15, 0.2) is 11.6 Å². The van der Waals surface area contributed by atoms with Crippen LogP contribution in [-0.2, 0) is 14.3 Å². The standard InChI is InChI=1S/C31H50O4/c1-20(2)7-6-8-21(3)25-11-12-26-24-10-9-22-19-23(35-29(34)14-13-28(32)33)15-17-30(22,4)27(24)16-18-31(25,26)5/h9,20-21,23-27H,6-8,10-19H2,1-5H3,(H,32,33)/t21?,23-,24-,25?,26?,27?,30-,31+/m0/s1. The van der Waals surface area contributed by atoms with Crippen molar-refractivity contribution in [3.8, 4) is 0 Å². The Morgan fingerprint density at radius 2 is 1.80 bits per heavy atom. The Bertz CT molecular complexity index is 815. The van der Waals surface area contributed by atoms with Gasteiger partial charge in [-0.1, -0.05) is 65.5 Å². The fourth-order valence-corrected chi connectivity index (χ4v) is 9.21. The van der Waals surface area contributed by atoms with Crippen LogP contribution in [0.3, 0.4) is 0 Å². The van der Waals surface area contributed by atoms with Gasteiger partial charge >= 0.3 is 11.9 Å². The number of fused-ring (bicyclic) bond motifs is 5. The van der Waals surface area contributed by atoms with Crippen LogP contribution >= 0.6 is 0 Å². The molecule has 0 aromatic heterocycles. The summed E-state index contributed by atoms with van der Waals surface area (Å²) in [6, 6.07) is 0. The molecule has 4 heteroatoms. The second-order valence-electron chi connectivity index (χ2n) is 13.5. The number of carboxylic acids is 1. The Labute approximate surface area is 213 Å². The first-order valence-corrected chi connectivity index (χ1v) is 14.7. The second kappa shape index (κ2) is 10.6. The third-order valence-corrected chi connectivity index (χ3v) is 11.1. The molecule has 198 valence electrons. The van der Waals surface area contributed by atoms with Crippen LogP contribution in [0.2, 0.25) is 0 Å². The quantitative estimate of drug-likeness (QED) is 0.267. The van der Waals surface area contributed by atoms with Gasteiger partial charge in [0.05, 0.1) is 12.8 Å². The van der Waals surface area contributed by atoms with E-state index < -0.39 is 5.97 Å². The van der Waals surface area contributed by atoms with E-state index in [1.807, 2.05) is 0 Å². The molecule has 0 spiro atoms. The maximum absolute atomic E-state index is 12.1. The van der Waals surface area contributed by atoms with Crippen molar-refractivity contribution in [1.29, 1.82) is 0 Å². The number of carbonyl (C=O) groups excluding carboxylic acids is 1. The lowest BCUT2D eigenvalue weighted by Gasteiger charge is -2.58. The summed E-state index contributed by atoms with van der Waals surface area (Å²) < 4.78 is 5.70. The van der Waals surface area contributed by atoms with E-state index in [4.69, 9.17) is 9.84 Å². The van der Waals surface area contributed by atoms with Gasteiger partial charge < -0.3 is 9.84 Å². The average molecular weight is 487 g/mol. The number of rotatable bonds is 9. The van der Waals surface area contributed by atoms with Gasteiger partial charge in [-0.15, -0.1) is 0 Å². The van der Waals surface area contributed by atoms with Crippen molar-refractivity contribution in [2.45, 2.75) is 124 Å². The highest BCUT2D eigenvalue weighted by atomic mass is 16.5. The van der Waals surface area contributed by atoms with Crippen molar-refractivity contribution in [2.75, 3.05) is 0 Å². The highest BCUT2D eigenvalue weighted by molar-refractivity contribution is 5.76. The van der Waals surface area contributed by atoms with E-state index in [2.05, 4.69) is 40.7 Å². The first kappa shape index (κ1) is 26.7.